The quantitative estimate of drug-likeness (QED) is 0.773. The molecule has 2 heterocycles. The zero-order valence-corrected chi connectivity index (χ0v) is 13.4. The molecule has 0 amide bonds. The zero-order chi connectivity index (χ0) is 15.3. The molecule has 2 atom stereocenters. The van der Waals surface area contributed by atoms with Gasteiger partial charge in [0.2, 0.25) is 0 Å². The number of carbonyl (C=O) groups excluding carboxylic acids is 1. The first-order valence-electron chi connectivity index (χ1n) is 8.39. The van der Waals surface area contributed by atoms with E-state index in [2.05, 4.69) is 43.1 Å². The van der Waals surface area contributed by atoms with Crippen molar-refractivity contribution in [1.82, 2.24) is 4.90 Å². The molecule has 4 rings (SSSR count). The van der Waals surface area contributed by atoms with Crippen molar-refractivity contribution >= 4 is 16.6 Å². The van der Waals surface area contributed by atoms with E-state index in [-0.39, 0.29) is 5.92 Å². The normalized spacial score (nSPS) is 28.2. The van der Waals surface area contributed by atoms with E-state index in [4.69, 9.17) is 0 Å². The second-order valence-corrected chi connectivity index (χ2v) is 7.06. The maximum absolute atomic E-state index is 13.2. The van der Waals surface area contributed by atoms with Crippen LogP contribution in [0.1, 0.15) is 41.6 Å². The molecule has 2 aromatic rings. The van der Waals surface area contributed by atoms with E-state index in [9.17, 15) is 4.79 Å². The summed E-state index contributed by atoms with van der Waals surface area (Å²) in [6, 6.07) is 13.7. The van der Waals surface area contributed by atoms with E-state index >= 15 is 0 Å². The van der Waals surface area contributed by atoms with Gasteiger partial charge in [0.1, 0.15) is 0 Å². The predicted molar refractivity (Wildman–Crippen MR) is 90.3 cm³/mol. The lowest BCUT2D eigenvalue weighted by atomic mass is 9.82. The van der Waals surface area contributed by atoms with Crippen LogP contribution in [0, 0.1) is 12.8 Å². The van der Waals surface area contributed by atoms with Crippen LogP contribution in [0.3, 0.4) is 0 Å². The molecular weight excluding hydrogens is 270 g/mol. The van der Waals surface area contributed by atoms with E-state index in [1.165, 1.54) is 18.2 Å². The molecule has 2 fully saturated rings. The maximum Gasteiger partial charge on any atom is 0.166 e. The highest BCUT2D eigenvalue weighted by Gasteiger charge is 2.41. The third kappa shape index (κ3) is 2.09. The van der Waals surface area contributed by atoms with Crippen molar-refractivity contribution in [3.05, 3.63) is 47.5 Å². The van der Waals surface area contributed by atoms with Crippen molar-refractivity contribution < 1.29 is 4.79 Å². The van der Waals surface area contributed by atoms with Gasteiger partial charge < -0.3 is 4.90 Å². The van der Waals surface area contributed by atoms with E-state index in [0.717, 1.165) is 29.4 Å². The molecule has 2 aliphatic heterocycles. The molecule has 0 aromatic heterocycles. The number of nitrogens with zero attached hydrogens (tertiary/aromatic N) is 1. The van der Waals surface area contributed by atoms with Gasteiger partial charge in [0, 0.05) is 23.6 Å². The Hall–Kier alpha value is -1.67. The number of rotatable bonds is 2. The Labute approximate surface area is 132 Å². The molecule has 2 aliphatic rings. The molecule has 22 heavy (non-hydrogen) atoms. The Bertz CT molecular complexity index is 722. The monoisotopic (exact) mass is 293 g/mol. The van der Waals surface area contributed by atoms with Crippen LogP contribution in [0.15, 0.2) is 36.4 Å². The van der Waals surface area contributed by atoms with Gasteiger partial charge >= 0.3 is 0 Å². The minimum Gasteiger partial charge on any atom is -0.300 e. The highest BCUT2D eigenvalue weighted by Crippen LogP contribution is 2.39. The first kappa shape index (κ1) is 14.0. The number of aryl methyl sites for hydroxylation is 1. The van der Waals surface area contributed by atoms with Gasteiger partial charge in [-0.25, -0.2) is 0 Å². The maximum atomic E-state index is 13.2. The van der Waals surface area contributed by atoms with Gasteiger partial charge in [0.25, 0.3) is 0 Å². The van der Waals surface area contributed by atoms with Crippen LogP contribution < -0.4 is 0 Å². The number of benzene rings is 2. The van der Waals surface area contributed by atoms with Crippen molar-refractivity contribution in [2.45, 2.75) is 44.7 Å². The lowest BCUT2D eigenvalue weighted by molar-refractivity contribution is 0.0768. The highest BCUT2D eigenvalue weighted by molar-refractivity contribution is 6.10. The molecule has 2 nitrogen and oxygen atoms in total. The number of hydrogen-bond donors (Lipinski definition) is 0. The predicted octanol–water partition coefficient (Wildman–Crippen LogP) is 4.20. The van der Waals surface area contributed by atoms with Gasteiger partial charge in [-0.1, -0.05) is 36.4 Å². The lowest BCUT2D eigenvalue weighted by Gasteiger charge is -2.35. The Kier molecular flexibility index (Phi) is 3.30. The second-order valence-electron chi connectivity index (χ2n) is 7.06. The highest BCUT2D eigenvalue weighted by atomic mass is 16.1. The SMILES string of the molecule is Cc1ccc2ccccc2c1C(=O)C1CC2CCC(C1)N2C. The smallest absolute Gasteiger partial charge is 0.166 e. The molecule has 0 aliphatic carbocycles. The number of piperidine rings is 1. The van der Waals surface area contributed by atoms with Gasteiger partial charge in [-0.15, -0.1) is 0 Å². The summed E-state index contributed by atoms with van der Waals surface area (Å²) in [7, 11) is 2.23. The van der Waals surface area contributed by atoms with Crippen LogP contribution in [0.2, 0.25) is 0 Å². The summed E-state index contributed by atoms with van der Waals surface area (Å²) in [5, 5.41) is 2.30. The van der Waals surface area contributed by atoms with E-state index in [1.807, 2.05) is 12.1 Å². The first-order valence-corrected chi connectivity index (χ1v) is 8.39. The van der Waals surface area contributed by atoms with Gasteiger partial charge in [0.05, 0.1) is 0 Å². The fourth-order valence-electron chi connectivity index (χ4n) is 4.54. The summed E-state index contributed by atoms with van der Waals surface area (Å²) in [5.74, 6) is 0.581. The molecule has 2 aromatic carbocycles. The number of carbonyl (C=O) groups is 1. The molecule has 2 heteroatoms. The summed E-state index contributed by atoms with van der Waals surface area (Å²) < 4.78 is 0. The van der Waals surface area contributed by atoms with Crippen LogP contribution >= 0.6 is 0 Å². The Morgan fingerprint density at radius 1 is 1.05 bits per heavy atom. The van der Waals surface area contributed by atoms with E-state index < -0.39 is 0 Å². The van der Waals surface area contributed by atoms with E-state index in [0.29, 0.717) is 17.9 Å². The Morgan fingerprint density at radius 3 is 2.45 bits per heavy atom. The molecule has 2 bridgehead atoms. The summed E-state index contributed by atoms with van der Waals surface area (Å²) in [6.45, 7) is 2.07. The van der Waals surface area contributed by atoms with Gasteiger partial charge in [-0.05, 0) is 56.0 Å². The first-order chi connectivity index (χ1) is 10.6. The standard InChI is InChI=1S/C20H23NO/c1-13-7-8-14-5-3-4-6-18(14)19(13)20(22)15-11-16-9-10-17(12-15)21(16)2/h3-8,15-17H,9-12H2,1-2H3. The third-order valence-corrected chi connectivity index (χ3v) is 5.85. The zero-order valence-electron chi connectivity index (χ0n) is 13.4. The van der Waals surface area contributed by atoms with Gasteiger partial charge in [-0.2, -0.15) is 0 Å². The molecule has 2 saturated heterocycles. The summed E-state index contributed by atoms with van der Waals surface area (Å²) in [5.41, 5.74) is 2.09. The second kappa shape index (κ2) is 5.20. The van der Waals surface area contributed by atoms with Crippen molar-refractivity contribution in [3.63, 3.8) is 0 Å². The molecule has 114 valence electrons. The van der Waals surface area contributed by atoms with Gasteiger partial charge in [-0.3, -0.25) is 4.79 Å². The fraction of sp³-hybridized carbons (Fsp3) is 0.450. The molecular formula is C20H23NO. The lowest BCUT2D eigenvalue weighted by Crippen LogP contribution is -2.42. The fourth-order valence-corrected chi connectivity index (χ4v) is 4.54. The number of ketones is 1. The summed E-state index contributed by atoms with van der Waals surface area (Å²) in [4.78, 5) is 15.7. The largest absolute Gasteiger partial charge is 0.300 e. The minimum atomic E-state index is 0.207. The average Bonchev–Trinajstić information content (AvgIpc) is 2.76. The van der Waals surface area contributed by atoms with Crippen molar-refractivity contribution in [2.75, 3.05) is 7.05 Å². The topological polar surface area (TPSA) is 20.3 Å². The molecule has 0 saturated carbocycles. The summed E-state index contributed by atoms with van der Waals surface area (Å²) in [6.07, 6.45) is 4.60. The molecule has 0 N–H and O–H groups in total. The van der Waals surface area contributed by atoms with Crippen molar-refractivity contribution in [2.24, 2.45) is 5.92 Å². The van der Waals surface area contributed by atoms with Crippen LogP contribution in [0.5, 0.6) is 0 Å². The van der Waals surface area contributed by atoms with Crippen LogP contribution in [-0.4, -0.2) is 29.8 Å². The van der Waals surface area contributed by atoms with Crippen LogP contribution in [0.4, 0.5) is 0 Å². The Morgan fingerprint density at radius 2 is 1.73 bits per heavy atom. The third-order valence-electron chi connectivity index (χ3n) is 5.85. The minimum absolute atomic E-state index is 0.207. The number of Topliss-reactive ketones (excluding diaryl/α,β-unsaturated/α-hetero) is 1. The molecule has 0 spiro atoms. The Balaban J connectivity index is 1.73. The van der Waals surface area contributed by atoms with E-state index in [1.54, 1.807) is 0 Å². The average molecular weight is 293 g/mol. The van der Waals surface area contributed by atoms with Crippen molar-refractivity contribution in [1.29, 1.82) is 0 Å². The molecule has 2 unspecified atom stereocenters. The summed E-state index contributed by atoms with van der Waals surface area (Å²) >= 11 is 0. The van der Waals surface area contributed by atoms with Crippen LogP contribution in [0.25, 0.3) is 10.8 Å². The van der Waals surface area contributed by atoms with Crippen LogP contribution in [-0.2, 0) is 0 Å². The number of fused-ring (bicyclic) bond motifs is 3. The molecule has 0 radical (unpaired) electrons. The number of hydrogen-bond acceptors (Lipinski definition) is 2. The van der Waals surface area contributed by atoms with Crippen molar-refractivity contribution in [3.8, 4) is 0 Å². The van der Waals surface area contributed by atoms with Gasteiger partial charge in [0.15, 0.2) is 5.78 Å².